The summed E-state index contributed by atoms with van der Waals surface area (Å²) in [6.07, 6.45) is -6.13. The summed E-state index contributed by atoms with van der Waals surface area (Å²) >= 11 is 0. The summed E-state index contributed by atoms with van der Waals surface area (Å²) in [5.74, 6) is 1.05. The molecule has 1 N–H and O–H groups in total. The van der Waals surface area contributed by atoms with Gasteiger partial charge < -0.3 is 57.2 Å². The van der Waals surface area contributed by atoms with E-state index in [9.17, 15) is 9.90 Å². The molecule has 0 bridgehead atoms. The first-order chi connectivity index (χ1) is 26.4. The molecule has 7 unspecified atom stereocenters. The zero-order valence-corrected chi connectivity index (χ0v) is 31.0. The fraction of sp³-hybridized carbons (Fsp3) is 0.488. The van der Waals surface area contributed by atoms with Crippen LogP contribution in [0.3, 0.4) is 0 Å². The number of carboxylic acids is 1. The van der Waals surface area contributed by atoms with Crippen LogP contribution >= 0.6 is 0 Å². The van der Waals surface area contributed by atoms with E-state index < -0.39 is 73.7 Å². The van der Waals surface area contributed by atoms with E-state index in [1.54, 1.807) is 6.92 Å². The molecule has 13 nitrogen and oxygen atoms in total. The van der Waals surface area contributed by atoms with Gasteiger partial charge in [-0.2, -0.15) is 0 Å². The molecule has 5 rings (SSSR count). The van der Waals surface area contributed by atoms with E-state index in [2.05, 4.69) is 5.92 Å². The van der Waals surface area contributed by atoms with Crippen molar-refractivity contribution in [2.24, 2.45) is 0 Å². The Kier molecular flexibility index (Phi) is 16.4. The lowest BCUT2D eigenvalue weighted by Crippen LogP contribution is -2.67. The lowest BCUT2D eigenvalue weighted by molar-refractivity contribution is -0.371. The Labute approximate surface area is 316 Å². The molecule has 2 heterocycles. The van der Waals surface area contributed by atoms with Crippen LogP contribution in [0.4, 0.5) is 0 Å². The van der Waals surface area contributed by atoms with Crippen LogP contribution in [0.5, 0.6) is 0 Å². The van der Waals surface area contributed by atoms with Crippen molar-refractivity contribution in [1.29, 1.82) is 0 Å². The van der Waals surface area contributed by atoms with Crippen molar-refractivity contribution >= 4 is 5.97 Å². The summed E-state index contributed by atoms with van der Waals surface area (Å²) in [6.45, 7) is 2.70. The highest BCUT2D eigenvalue weighted by atomic mass is 16.8. The maximum atomic E-state index is 12.7. The maximum Gasteiger partial charge on any atom is 0.335 e. The van der Waals surface area contributed by atoms with Crippen LogP contribution in [-0.4, -0.2) is 113 Å². The van der Waals surface area contributed by atoms with Gasteiger partial charge in [-0.25, -0.2) is 4.79 Å². The fourth-order valence-corrected chi connectivity index (χ4v) is 6.49. The molecule has 0 radical (unpaired) electrons. The SMILES string of the molecule is C#CC(OCC)O[C@@H]1C(C(=O)O)O[C@@H](O[C@@H]2C(COCc3ccccc3)O[C@H](OC)C(OCc3ccccc3)C2OCc2ccccc2)C(OC)C1OC. The smallest absolute Gasteiger partial charge is 0.335 e. The van der Waals surface area contributed by atoms with Crippen LogP contribution in [0.25, 0.3) is 0 Å². The third kappa shape index (κ3) is 10.9. The molecule has 0 aliphatic carbocycles. The number of aliphatic carboxylic acids is 1. The van der Waals surface area contributed by atoms with Gasteiger partial charge in [0, 0.05) is 27.9 Å². The second-order valence-electron chi connectivity index (χ2n) is 12.6. The number of hydrogen-bond acceptors (Lipinski definition) is 12. The van der Waals surface area contributed by atoms with Gasteiger partial charge in [-0.3, -0.25) is 0 Å². The number of methoxy groups -OCH3 is 3. The number of terminal acetylenes is 1. The molecule has 2 fully saturated rings. The van der Waals surface area contributed by atoms with Gasteiger partial charge in [-0.05, 0) is 29.5 Å². The Morgan fingerprint density at radius 3 is 1.76 bits per heavy atom. The zero-order chi connectivity index (χ0) is 38.3. The molecule has 0 spiro atoms. The molecule has 3 aromatic carbocycles. The molecule has 13 heteroatoms. The van der Waals surface area contributed by atoms with E-state index in [0.29, 0.717) is 0 Å². The van der Waals surface area contributed by atoms with Crippen LogP contribution in [0.2, 0.25) is 0 Å². The Morgan fingerprint density at radius 1 is 0.704 bits per heavy atom. The Morgan fingerprint density at radius 2 is 1.26 bits per heavy atom. The molecule has 0 amide bonds. The van der Waals surface area contributed by atoms with Crippen molar-refractivity contribution in [3.63, 3.8) is 0 Å². The molecule has 3 aromatic rings. The highest BCUT2D eigenvalue weighted by Crippen LogP contribution is 2.35. The van der Waals surface area contributed by atoms with Crippen LogP contribution in [0, 0.1) is 12.3 Å². The van der Waals surface area contributed by atoms with Gasteiger partial charge in [0.05, 0.1) is 26.4 Å². The molecule has 11 atom stereocenters. The standard InChI is InChI=1S/C41H50O13/c1-6-31(48-7-2)52-35-33(44-3)37(45-4)41(54-36(35)39(42)43)53-32-30(26-47-23-27-17-11-8-12-18-27)51-40(46-5)38(50-25-29-21-15-10-16-22-29)34(32)49-24-28-19-13-9-14-20-28/h1,8-22,30-38,40-41H,7,23-26H2,2-5H3,(H,42,43)/t30?,31?,32-,33?,34?,35+,36?,37?,38?,40+,41-/m1/s1. The van der Waals surface area contributed by atoms with E-state index in [1.165, 1.54) is 21.3 Å². The Hall–Kier alpha value is -3.75. The molecule has 54 heavy (non-hydrogen) atoms. The average molecular weight is 751 g/mol. The zero-order valence-electron chi connectivity index (χ0n) is 31.0. The molecular formula is C41H50O13. The normalized spacial score (nSPS) is 28.9. The van der Waals surface area contributed by atoms with Crippen molar-refractivity contribution in [2.75, 3.05) is 34.5 Å². The third-order valence-corrected chi connectivity index (χ3v) is 9.10. The lowest BCUT2D eigenvalue weighted by atomic mass is 9.95. The molecule has 2 aliphatic rings. The maximum absolute atomic E-state index is 12.7. The van der Waals surface area contributed by atoms with Gasteiger partial charge in [0.2, 0.25) is 6.29 Å². The second kappa shape index (κ2) is 21.4. The Bertz CT molecular complexity index is 1560. The first kappa shape index (κ1) is 41.4. The molecule has 2 saturated heterocycles. The number of rotatable bonds is 20. The van der Waals surface area contributed by atoms with Gasteiger partial charge in [0.15, 0.2) is 18.7 Å². The van der Waals surface area contributed by atoms with E-state index in [1.807, 2.05) is 91.0 Å². The predicted octanol–water partition coefficient (Wildman–Crippen LogP) is 4.35. The summed E-state index contributed by atoms with van der Waals surface area (Å²) in [5.41, 5.74) is 2.79. The van der Waals surface area contributed by atoms with Crippen LogP contribution in [0.15, 0.2) is 91.0 Å². The topological polar surface area (TPSA) is 139 Å². The number of benzene rings is 3. The summed E-state index contributed by atoms with van der Waals surface area (Å²) in [5, 5.41) is 10.4. The van der Waals surface area contributed by atoms with E-state index in [0.717, 1.165) is 16.7 Å². The molecule has 0 aromatic heterocycles. The highest BCUT2D eigenvalue weighted by Gasteiger charge is 2.55. The second-order valence-corrected chi connectivity index (χ2v) is 12.6. The molecule has 0 saturated carbocycles. The largest absolute Gasteiger partial charge is 0.479 e. The summed E-state index contributed by atoms with van der Waals surface area (Å²) in [4.78, 5) is 12.7. The monoisotopic (exact) mass is 750 g/mol. The number of carbonyl (C=O) groups is 1. The van der Waals surface area contributed by atoms with Crippen molar-refractivity contribution in [2.45, 2.75) is 94.4 Å². The number of hydrogen-bond donors (Lipinski definition) is 1. The summed E-state index contributed by atoms with van der Waals surface area (Å²) < 4.78 is 67.9. The number of ether oxygens (including phenoxy) is 11. The van der Waals surface area contributed by atoms with E-state index >= 15 is 0 Å². The fourth-order valence-electron chi connectivity index (χ4n) is 6.49. The number of carboxylic acid groups (broad SMARTS) is 1. The van der Waals surface area contributed by atoms with Crippen molar-refractivity contribution in [3.05, 3.63) is 108 Å². The van der Waals surface area contributed by atoms with Crippen LogP contribution in [-0.2, 0) is 76.7 Å². The van der Waals surface area contributed by atoms with Gasteiger partial charge in [0.1, 0.15) is 42.7 Å². The first-order valence-corrected chi connectivity index (χ1v) is 17.8. The van der Waals surface area contributed by atoms with Crippen LogP contribution < -0.4 is 0 Å². The van der Waals surface area contributed by atoms with Crippen molar-refractivity contribution < 1.29 is 62.0 Å². The quantitative estimate of drug-likeness (QED) is 0.130. The minimum Gasteiger partial charge on any atom is -0.479 e. The minimum atomic E-state index is -1.60. The highest BCUT2D eigenvalue weighted by molar-refractivity contribution is 5.73. The molecule has 292 valence electrons. The van der Waals surface area contributed by atoms with Gasteiger partial charge in [-0.15, -0.1) is 6.42 Å². The summed E-state index contributed by atoms with van der Waals surface area (Å²) in [7, 11) is 4.37. The van der Waals surface area contributed by atoms with Crippen LogP contribution in [0.1, 0.15) is 23.6 Å². The average Bonchev–Trinajstić information content (AvgIpc) is 3.20. The van der Waals surface area contributed by atoms with Gasteiger partial charge in [0.25, 0.3) is 0 Å². The molecule has 2 aliphatic heterocycles. The molecular weight excluding hydrogens is 700 g/mol. The first-order valence-electron chi connectivity index (χ1n) is 17.8. The minimum absolute atomic E-state index is 0.0421. The lowest BCUT2D eigenvalue weighted by Gasteiger charge is -2.49. The van der Waals surface area contributed by atoms with E-state index in [4.69, 9.17) is 58.5 Å². The summed E-state index contributed by atoms with van der Waals surface area (Å²) in [6, 6.07) is 29.0. The van der Waals surface area contributed by atoms with E-state index in [-0.39, 0.29) is 33.0 Å². The third-order valence-electron chi connectivity index (χ3n) is 9.10. The van der Waals surface area contributed by atoms with Gasteiger partial charge in [-0.1, -0.05) is 91.0 Å². The van der Waals surface area contributed by atoms with Gasteiger partial charge >= 0.3 is 5.97 Å². The Balaban J connectivity index is 1.50. The van der Waals surface area contributed by atoms with Crippen molar-refractivity contribution in [1.82, 2.24) is 0 Å². The predicted molar refractivity (Wildman–Crippen MR) is 194 cm³/mol. The van der Waals surface area contributed by atoms with Crippen molar-refractivity contribution in [3.8, 4) is 12.3 Å².